The molecule has 0 atom stereocenters. The number of pyridine rings is 1. The molecule has 5 rings (SSSR count). The monoisotopic (exact) mass is 590 g/mol. The number of nitrogens with zero attached hydrogens (tertiary/aromatic N) is 3. The summed E-state index contributed by atoms with van der Waals surface area (Å²) in [5.74, 6) is -2.32. The number of aromatic nitrogens is 2. The zero-order chi connectivity index (χ0) is 25.2. The van der Waals surface area contributed by atoms with E-state index in [-0.39, 0.29) is 25.0 Å². The van der Waals surface area contributed by atoms with Crippen molar-refractivity contribution in [1.82, 2.24) is 19.8 Å². The van der Waals surface area contributed by atoms with Gasteiger partial charge in [-0.2, -0.15) is 4.39 Å². The standard InChI is InChI=1S/C27H22BrF3N4O.ClH/c28-19-4-5-20-21-16-34(10-1-2-17-3-6-22(29)23(30)12-17)11-8-24(21)35(25(20)14-19)27(36)33-15-18-7-9-32-26(31)13-18;/h1-7,9,12-14H,8,10-11,15-16H2,(H,33,36);1H/b2-1+;. The summed E-state index contributed by atoms with van der Waals surface area (Å²) in [6, 6.07) is 12.4. The molecule has 1 aliphatic rings. The molecule has 1 N–H and O–H groups in total. The van der Waals surface area contributed by atoms with E-state index in [1.54, 1.807) is 16.7 Å². The van der Waals surface area contributed by atoms with Crippen LogP contribution in [0.4, 0.5) is 18.0 Å². The number of carbonyl (C=O) groups excluding carboxylic acids is 1. The van der Waals surface area contributed by atoms with Gasteiger partial charge < -0.3 is 5.32 Å². The Kier molecular flexibility index (Phi) is 8.36. The van der Waals surface area contributed by atoms with Crippen LogP contribution in [0, 0.1) is 17.6 Å². The maximum Gasteiger partial charge on any atom is 0.326 e. The van der Waals surface area contributed by atoms with Crippen molar-refractivity contribution >= 4 is 51.3 Å². The molecule has 0 fully saturated rings. The lowest BCUT2D eigenvalue weighted by molar-refractivity contribution is 0.240. The van der Waals surface area contributed by atoms with Gasteiger partial charge in [0, 0.05) is 54.3 Å². The molecule has 192 valence electrons. The van der Waals surface area contributed by atoms with E-state index in [0.29, 0.717) is 30.6 Å². The van der Waals surface area contributed by atoms with Crippen molar-refractivity contribution in [2.24, 2.45) is 0 Å². The van der Waals surface area contributed by atoms with Crippen molar-refractivity contribution in [1.29, 1.82) is 0 Å². The average molecular weight is 592 g/mol. The molecule has 1 aliphatic heterocycles. The number of hydrogen-bond acceptors (Lipinski definition) is 3. The normalized spacial score (nSPS) is 13.5. The summed E-state index contributed by atoms with van der Waals surface area (Å²) in [5.41, 5.74) is 4.05. The van der Waals surface area contributed by atoms with E-state index in [9.17, 15) is 18.0 Å². The highest BCUT2D eigenvalue weighted by atomic mass is 79.9. The van der Waals surface area contributed by atoms with Crippen LogP contribution in [0.15, 0.2) is 65.3 Å². The molecule has 0 saturated carbocycles. The number of halogens is 5. The minimum Gasteiger partial charge on any atom is -0.333 e. The van der Waals surface area contributed by atoms with Crippen LogP contribution in [0.25, 0.3) is 17.0 Å². The summed E-state index contributed by atoms with van der Waals surface area (Å²) >= 11 is 3.51. The zero-order valence-electron chi connectivity index (χ0n) is 19.6. The lowest BCUT2D eigenvalue weighted by atomic mass is 10.0. The minimum atomic E-state index is -0.869. The summed E-state index contributed by atoms with van der Waals surface area (Å²) in [4.78, 5) is 19.1. The first kappa shape index (κ1) is 26.9. The van der Waals surface area contributed by atoms with Crippen molar-refractivity contribution in [3.63, 3.8) is 0 Å². The van der Waals surface area contributed by atoms with E-state index in [2.05, 4.69) is 31.1 Å². The lowest BCUT2D eigenvalue weighted by Gasteiger charge is -2.27. The topological polar surface area (TPSA) is 50.2 Å². The SMILES string of the molecule is Cl.O=C(NCc1ccnc(F)c1)n1c2c(c3ccc(Br)cc31)CN(C/C=C/c1ccc(F)c(F)c1)CC2. The Morgan fingerprint density at radius 2 is 1.92 bits per heavy atom. The summed E-state index contributed by atoms with van der Waals surface area (Å²) in [5, 5.41) is 3.89. The third-order valence-electron chi connectivity index (χ3n) is 6.25. The van der Waals surface area contributed by atoms with Gasteiger partial charge in [-0.3, -0.25) is 9.47 Å². The Balaban J connectivity index is 0.00000320. The first-order valence-corrected chi connectivity index (χ1v) is 12.2. The van der Waals surface area contributed by atoms with Gasteiger partial charge in [0.15, 0.2) is 11.6 Å². The number of nitrogens with one attached hydrogen (secondary N) is 1. The fourth-order valence-corrected chi connectivity index (χ4v) is 4.89. The highest BCUT2D eigenvalue weighted by Gasteiger charge is 2.26. The van der Waals surface area contributed by atoms with Gasteiger partial charge in [-0.1, -0.05) is 40.2 Å². The second-order valence-corrected chi connectivity index (χ2v) is 9.54. The molecule has 0 saturated heterocycles. The molecule has 2 aromatic carbocycles. The number of amides is 1. The Morgan fingerprint density at radius 3 is 2.70 bits per heavy atom. The van der Waals surface area contributed by atoms with Crippen molar-refractivity contribution in [2.45, 2.75) is 19.5 Å². The molecule has 2 aromatic heterocycles. The zero-order valence-corrected chi connectivity index (χ0v) is 22.0. The number of benzene rings is 2. The Bertz CT molecular complexity index is 1490. The van der Waals surface area contributed by atoms with Crippen LogP contribution in [0.1, 0.15) is 22.4 Å². The molecule has 4 aromatic rings. The Hall–Kier alpha value is -3.14. The number of rotatable bonds is 5. The highest BCUT2D eigenvalue weighted by molar-refractivity contribution is 9.10. The third kappa shape index (κ3) is 5.89. The predicted octanol–water partition coefficient (Wildman–Crippen LogP) is 6.47. The summed E-state index contributed by atoms with van der Waals surface area (Å²) in [6.45, 7) is 2.18. The quantitative estimate of drug-likeness (QED) is 0.271. The fraction of sp³-hybridized carbons (Fsp3) is 0.185. The van der Waals surface area contributed by atoms with Crippen LogP contribution < -0.4 is 5.32 Å². The molecule has 1 amide bonds. The van der Waals surface area contributed by atoms with Crippen LogP contribution in [0.5, 0.6) is 0 Å². The van der Waals surface area contributed by atoms with Gasteiger partial charge in [0.1, 0.15) is 0 Å². The van der Waals surface area contributed by atoms with Gasteiger partial charge >= 0.3 is 6.03 Å². The molecular formula is C27H23BrClF3N4O. The Labute approximate surface area is 226 Å². The highest BCUT2D eigenvalue weighted by Crippen LogP contribution is 2.32. The van der Waals surface area contributed by atoms with E-state index in [1.165, 1.54) is 24.4 Å². The third-order valence-corrected chi connectivity index (χ3v) is 6.74. The molecule has 10 heteroatoms. The van der Waals surface area contributed by atoms with Crippen LogP contribution in [-0.2, 0) is 19.5 Å². The van der Waals surface area contributed by atoms with Gasteiger partial charge in [-0.15, -0.1) is 12.4 Å². The number of carbonyl (C=O) groups is 1. The summed E-state index contributed by atoms with van der Waals surface area (Å²) in [7, 11) is 0. The molecule has 3 heterocycles. The lowest BCUT2D eigenvalue weighted by Crippen LogP contribution is -2.34. The van der Waals surface area contributed by atoms with Gasteiger partial charge in [0.25, 0.3) is 0 Å². The largest absolute Gasteiger partial charge is 0.333 e. The summed E-state index contributed by atoms with van der Waals surface area (Å²) < 4.78 is 42.6. The molecule has 0 unspecified atom stereocenters. The second-order valence-electron chi connectivity index (χ2n) is 8.63. The molecule has 0 aliphatic carbocycles. The van der Waals surface area contributed by atoms with Crippen LogP contribution in [0.3, 0.4) is 0 Å². The van der Waals surface area contributed by atoms with Crippen LogP contribution >= 0.6 is 28.3 Å². The van der Waals surface area contributed by atoms with Gasteiger partial charge in [-0.05, 0) is 53.1 Å². The van der Waals surface area contributed by atoms with Crippen LogP contribution in [0.2, 0.25) is 0 Å². The number of fused-ring (bicyclic) bond motifs is 3. The minimum absolute atomic E-state index is 0. The molecule has 0 spiro atoms. The van der Waals surface area contributed by atoms with Crippen molar-refractivity contribution in [2.75, 3.05) is 13.1 Å². The predicted molar refractivity (Wildman–Crippen MR) is 143 cm³/mol. The van der Waals surface area contributed by atoms with E-state index < -0.39 is 17.6 Å². The maximum absolute atomic E-state index is 13.5. The smallest absolute Gasteiger partial charge is 0.326 e. The van der Waals surface area contributed by atoms with Gasteiger partial charge in [0.2, 0.25) is 5.95 Å². The first-order valence-electron chi connectivity index (χ1n) is 11.4. The fourth-order valence-electron chi connectivity index (χ4n) is 4.54. The van der Waals surface area contributed by atoms with E-state index >= 15 is 0 Å². The average Bonchev–Trinajstić information content (AvgIpc) is 3.17. The summed E-state index contributed by atoms with van der Waals surface area (Å²) in [6.07, 6.45) is 5.73. The van der Waals surface area contributed by atoms with Crippen molar-refractivity contribution in [3.05, 3.63) is 105 Å². The number of hydrogen-bond donors (Lipinski definition) is 1. The molecule has 37 heavy (non-hydrogen) atoms. The van der Waals surface area contributed by atoms with Crippen molar-refractivity contribution < 1.29 is 18.0 Å². The van der Waals surface area contributed by atoms with E-state index in [1.807, 2.05) is 24.3 Å². The first-order chi connectivity index (χ1) is 17.4. The molecule has 0 radical (unpaired) electrons. The maximum atomic E-state index is 13.5. The van der Waals surface area contributed by atoms with Crippen molar-refractivity contribution in [3.8, 4) is 0 Å². The molecule has 5 nitrogen and oxygen atoms in total. The van der Waals surface area contributed by atoms with Gasteiger partial charge in [0.05, 0.1) is 5.52 Å². The molecular weight excluding hydrogens is 569 g/mol. The second kappa shape index (κ2) is 11.5. The van der Waals surface area contributed by atoms with E-state index in [4.69, 9.17) is 0 Å². The van der Waals surface area contributed by atoms with Gasteiger partial charge in [-0.25, -0.2) is 18.6 Å². The molecule has 0 bridgehead atoms. The van der Waals surface area contributed by atoms with E-state index in [0.717, 1.165) is 39.2 Å². The van der Waals surface area contributed by atoms with Crippen LogP contribution in [-0.4, -0.2) is 33.6 Å². The Morgan fingerprint density at radius 1 is 1.08 bits per heavy atom.